The fraction of sp³-hybridized carbons (Fsp3) is 0.375. The molecule has 106 valence electrons. The molecule has 0 radical (unpaired) electrons. The number of piperazine rings is 1. The van der Waals surface area contributed by atoms with Crippen molar-refractivity contribution in [2.24, 2.45) is 5.92 Å². The molecule has 1 aromatic carbocycles. The van der Waals surface area contributed by atoms with E-state index < -0.39 is 6.04 Å². The third-order valence-electron chi connectivity index (χ3n) is 3.18. The van der Waals surface area contributed by atoms with Crippen LogP contribution in [-0.4, -0.2) is 17.9 Å². The number of benzene rings is 1. The fourth-order valence-corrected chi connectivity index (χ4v) is 2.24. The van der Waals surface area contributed by atoms with Crippen LogP contribution in [0.15, 0.2) is 30.0 Å². The Morgan fingerprint density at radius 2 is 2.05 bits per heavy atom. The van der Waals surface area contributed by atoms with Crippen molar-refractivity contribution in [2.75, 3.05) is 0 Å². The van der Waals surface area contributed by atoms with E-state index in [9.17, 15) is 9.59 Å². The van der Waals surface area contributed by atoms with Gasteiger partial charge in [-0.3, -0.25) is 9.59 Å². The number of carbonyl (C=O) groups excluding carboxylic acids is 2. The zero-order valence-corrected chi connectivity index (χ0v) is 12.1. The van der Waals surface area contributed by atoms with E-state index in [0.717, 1.165) is 11.1 Å². The van der Waals surface area contributed by atoms with Crippen LogP contribution in [0.4, 0.5) is 0 Å². The molecule has 20 heavy (non-hydrogen) atoms. The van der Waals surface area contributed by atoms with E-state index in [1.807, 2.05) is 45.0 Å². The van der Waals surface area contributed by atoms with Crippen LogP contribution in [0.2, 0.25) is 0 Å². The summed E-state index contributed by atoms with van der Waals surface area (Å²) < 4.78 is 0. The first kappa shape index (κ1) is 14.3. The molecule has 0 saturated carbocycles. The molecule has 1 heterocycles. The summed E-state index contributed by atoms with van der Waals surface area (Å²) in [4.78, 5) is 24.0. The first-order valence-electron chi connectivity index (χ1n) is 6.86. The molecule has 0 aromatic heterocycles. The van der Waals surface area contributed by atoms with E-state index in [0.29, 0.717) is 18.0 Å². The molecular weight excluding hydrogens is 252 g/mol. The van der Waals surface area contributed by atoms with Crippen LogP contribution in [-0.2, 0) is 9.59 Å². The van der Waals surface area contributed by atoms with E-state index in [1.54, 1.807) is 6.08 Å². The van der Waals surface area contributed by atoms with Crippen molar-refractivity contribution in [3.63, 3.8) is 0 Å². The monoisotopic (exact) mass is 272 g/mol. The standard InChI is InChI=1S/C16H20N2O2/c1-10(2)7-13-15(19)18-14(16(20)17-13)9-12-6-4-5-11(3)8-12/h4-6,8-10,13H,7H2,1-3H3,(H,17,20)(H,18,19). The van der Waals surface area contributed by atoms with E-state index in [4.69, 9.17) is 0 Å². The van der Waals surface area contributed by atoms with Crippen molar-refractivity contribution >= 4 is 17.9 Å². The highest BCUT2D eigenvalue weighted by molar-refractivity contribution is 6.07. The molecular formula is C16H20N2O2. The topological polar surface area (TPSA) is 58.2 Å². The summed E-state index contributed by atoms with van der Waals surface area (Å²) >= 11 is 0. The van der Waals surface area contributed by atoms with Gasteiger partial charge in [0.25, 0.3) is 5.91 Å². The zero-order valence-electron chi connectivity index (χ0n) is 12.1. The number of nitrogens with one attached hydrogen (secondary N) is 2. The molecule has 1 atom stereocenters. The van der Waals surface area contributed by atoms with Gasteiger partial charge in [-0.1, -0.05) is 43.7 Å². The molecule has 0 spiro atoms. The van der Waals surface area contributed by atoms with Crippen LogP contribution in [0, 0.1) is 12.8 Å². The highest BCUT2D eigenvalue weighted by Gasteiger charge is 2.29. The number of hydrogen-bond acceptors (Lipinski definition) is 2. The lowest BCUT2D eigenvalue weighted by atomic mass is 10.0. The average molecular weight is 272 g/mol. The summed E-state index contributed by atoms with van der Waals surface area (Å²) in [6.07, 6.45) is 2.35. The average Bonchev–Trinajstić information content (AvgIpc) is 2.35. The Kier molecular flexibility index (Phi) is 4.23. The predicted molar refractivity (Wildman–Crippen MR) is 78.7 cm³/mol. The number of aryl methyl sites for hydroxylation is 1. The van der Waals surface area contributed by atoms with Crippen molar-refractivity contribution in [1.82, 2.24) is 10.6 Å². The minimum Gasteiger partial charge on any atom is -0.339 e. The smallest absolute Gasteiger partial charge is 0.268 e. The van der Waals surface area contributed by atoms with Crippen LogP contribution in [0.3, 0.4) is 0 Å². The third-order valence-corrected chi connectivity index (χ3v) is 3.18. The maximum Gasteiger partial charge on any atom is 0.268 e. The van der Waals surface area contributed by atoms with Gasteiger partial charge in [-0.05, 0) is 30.9 Å². The summed E-state index contributed by atoms with van der Waals surface area (Å²) in [5, 5.41) is 5.46. The quantitative estimate of drug-likeness (QED) is 0.827. The molecule has 2 rings (SSSR count). The highest BCUT2D eigenvalue weighted by atomic mass is 16.2. The van der Waals surface area contributed by atoms with Crippen LogP contribution in [0.5, 0.6) is 0 Å². The second-order valence-electron chi connectivity index (χ2n) is 5.62. The van der Waals surface area contributed by atoms with Gasteiger partial charge in [-0.15, -0.1) is 0 Å². The first-order chi connectivity index (χ1) is 9.45. The van der Waals surface area contributed by atoms with Crippen molar-refractivity contribution in [1.29, 1.82) is 0 Å². The lowest BCUT2D eigenvalue weighted by Crippen LogP contribution is -2.55. The van der Waals surface area contributed by atoms with E-state index in [-0.39, 0.29) is 11.8 Å². The lowest BCUT2D eigenvalue weighted by molar-refractivity contribution is -0.131. The molecule has 1 aliphatic rings. The Bertz CT molecular complexity index is 561. The minimum absolute atomic E-state index is 0.141. The number of carbonyl (C=O) groups is 2. The second-order valence-corrected chi connectivity index (χ2v) is 5.62. The van der Waals surface area contributed by atoms with Crippen LogP contribution >= 0.6 is 0 Å². The van der Waals surface area contributed by atoms with Crippen LogP contribution in [0.1, 0.15) is 31.4 Å². The Morgan fingerprint density at radius 1 is 1.30 bits per heavy atom. The van der Waals surface area contributed by atoms with Gasteiger partial charge < -0.3 is 10.6 Å². The Labute approximate surface area is 119 Å². The highest BCUT2D eigenvalue weighted by Crippen LogP contribution is 2.13. The zero-order chi connectivity index (χ0) is 14.7. The normalized spacial score (nSPS) is 21.0. The molecule has 1 saturated heterocycles. The number of amides is 2. The minimum atomic E-state index is -0.433. The molecule has 4 nitrogen and oxygen atoms in total. The summed E-state index contributed by atoms with van der Waals surface area (Å²) in [6.45, 7) is 6.04. The van der Waals surface area contributed by atoms with Crippen LogP contribution < -0.4 is 10.6 Å². The van der Waals surface area contributed by atoms with Crippen LogP contribution in [0.25, 0.3) is 6.08 Å². The molecule has 2 N–H and O–H groups in total. The van der Waals surface area contributed by atoms with Gasteiger partial charge in [0.1, 0.15) is 11.7 Å². The van der Waals surface area contributed by atoms with E-state index in [1.165, 1.54) is 0 Å². The number of rotatable bonds is 3. The van der Waals surface area contributed by atoms with E-state index >= 15 is 0 Å². The predicted octanol–water partition coefficient (Wildman–Crippen LogP) is 2.00. The van der Waals surface area contributed by atoms with Gasteiger partial charge >= 0.3 is 0 Å². The summed E-state index contributed by atoms with van der Waals surface area (Å²) in [5.74, 6) is -0.0117. The maximum absolute atomic E-state index is 12.0. The second kappa shape index (κ2) is 5.90. The van der Waals surface area contributed by atoms with Crippen molar-refractivity contribution in [2.45, 2.75) is 33.2 Å². The Morgan fingerprint density at radius 3 is 2.70 bits per heavy atom. The van der Waals surface area contributed by atoms with E-state index in [2.05, 4.69) is 10.6 Å². The third kappa shape index (κ3) is 3.47. The SMILES string of the molecule is Cc1cccc(C=C2NC(=O)C(CC(C)C)NC2=O)c1. The van der Waals surface area contributed by atoms with Gasteiger partial charge in [0, 0.05) is 0 Å². The molecule has 1 aromatic rings. The Hall–Kier alpha value is -2.10. The molecule has 0 bridgehead atoms. The van der Waals surface area contributed by atoms with Crippen molar-refractivity contribution < 1.29 is 9.59 Å². The van der Waals surface area contributed by atoms with Crippen molar-refractivity contribution in [3.8, 4) is 0 Å². The fourth-order valence-electron chi connectivity index (χ4n) is 2.24. The summed E-state index contributed by atoms with van der Waals surface area (Å²) in [7, 11) is 0. The van der Waals surface area contributed by atoms with Gasteiger partial charge in [0.05, 0.1) is 0 Å². The molecule has 1 aliphatic heterocycles. The molecule has 4 heteroatoms. The Balaban J connectivity index is 2.16. The molecule has 1 unspecified atom stereocenters. The van der Waals surface area contributed by atoms with Gasteiger partial charge in [-0.2, -0.15) is 0 Å². The van der Waals surface area contributed by atoms with Gasteiger partial charge in [0.15, 0.2) is 0 Å². The summed E-state index contributed by atoms with van der Waals surface area (Å²) in [6, 6.07) is 7.34. The lowest BCUT2D eigenvalue weighted by Gasteiger charge is -2.26. The molecule has 2 amide bonds. The van der Waals surface area contributed by atoms with Crippen molar-refractivity contribution in [3.05, 3.63) is 41.1 Å². The molecule has 1 fully saturated rings. The molecule has 0 aliphatic carbocycles. The maximum atomic E-state index is 12.0. The largest absolute Gasteiger partial charge is 0.339 e. The van der Waals surface area contributed by atoms with Gasteiger partial charge in [0.2, 0.25) is 5.91 Å². The number of hydrogen-bond donors (Lipinski definition) is 2. The summed E-state index contributed by atoms with van der Waals surface area (Å²) in [5.41, 5.74) is 2.32. The first-order valence-corrected chi connectivity index (χ1v) is 6.86. The van der Waals surface area contributed by atoms with Gasteiger partial charge in [-0.25, -0.2) is 0 Å².